The zero-order valence-electron chi connectivity index (χ0n) is 14.3. The number of benzene rings is 1. The van der Waals surface area contributed by atoms with Gasteiger partial charge in [0.25, 0.3) is 0 Å². The van der Waals surface area contributed by atoms with E-state index in [9.17, 15) is 9.59 Å². The molecule has 25 heavy (non-hydrogen) atoms. The van der Waals surface area contributed by atoms with Crippen molar-refractivity contribution in [2.75, 3.05) is 11.9 Å². The first-order valence-corrected chi connectivity index (χ1v) is 8.12. The van der Waals surface area contributed by atoms with Crippen LogP contribution in [0, 0.1) is 0 Å². The van der Waals surface area contributed by atoms with Crippen molar-refractivity contribution in [1.82, 2.24) is 15.5 Å². The number of urea groups is 1. The van der Waals surface area contributed by atoms with Crippen LogP contribution >= 0.6 is 0 Å². The Morgan fingerprint density at radius 3 is 2.56 bits per heavy atom. The Hall–Kier alpha value is -2.90. The number of nitrogens with one attached hydrogen (secondary N) is 2. The minimum absolute atomic E-state index is 0.0309. The fourth-order valence-electron chi connectivity index (χ4n) is 2.07. The molecule has 134 valence electrons. The number of carboxylic acids is 1. The molecule has 0 aliphatic rings. The molecule has 3 N–H and O–H groups in total. The largest absolute Gasteiger partial charge is 0.481 e. The van der Waals surface area contributed by atoms with Crippen molar-refractivity contribution in [3.63, 3.8) is 0 Å². The third-order valence-corrected chi connectivity index (χ3v) is 3.42. The maximum Gasteiger partial charge on any atom is 0.319 e. The van der Waals surface area contributed by atoms with Crippen molar-refractivity contribution in [1.29, 1.82) is 0 Å². The van der Waals surface area contributed by atoms with Crippen LogP contribution in [0.25, 0.3) is 0 Å². The number of carbonyl (C=O) groups excluding carboxylic acids is 1. The van der Waals surface area contributed by atoms with E-state index in [2.05, 4.69) is 20.8 Å². The van der Waals surface area contributed by atoms with Crippen molar-refractivity contribution in [3.8, 4) is 0 Å². The summed E-state index contributed by atoms with van der Waals surface area (Å²) in [6.07, 6.45) is 0.953. The van der Waals surface area contributed by atoms with Crippen LogP contribution in [0.4, 0.5) is 10.5 Å². The number of carboxylic acid groups (broad SMARTS) is 1. The van der Waals surface area contributed by atoms with Crippen molar-refractivity contribution >= 4 is 17.7 Å². The Bertz CT molecular complexity index is 710. The van der Waals surface area contributed by atoms with E-state index in [4.69, 9.17) is 9.63 Å². The lowest BCUT2D eigenvalue weighted by Crippen LogP contribution is -2.29. The maximum atomic E-state index is 11.7. The lowest BCUT2D eigenvalue weighted by molar-refractivity contribution is -0.137. The summed E-state index contributed by atoms with van der Waals surface area (Å²) in [6, 6.07) is 6.95. The topological polar surface area (TPSA) is 117 Å². The maximum absolute atomic E-state index is 11.7. The average Bonchev–Trinajstić information content (AvgIpc) is 3.02. The lowest BCUT2D eigenvalue weighted by atomic mass is 10.1. The molecule has 1 aromatic carbocycles. The molecule has 0 aliphatic carbocycles. The summed E-state index contributed by atoms with van der Waals surface area (Å²) in [5, 5.41) is 17.8. The molecule has 1 aromatic heterocycles. The summed E-state index contributed by atoms with van der Waals surface area (Å²) in [7, 11) is 0. The highest BCUT2D eigenvalue weighted by Crippen LogP contribution is 2.15. The van der Waals surface area contributed by atoms with Crippen LogP contribution < -0.4 is 10.6 Å². The fraction of sp³-hybridized carbons (Fsp3) is 0.412. The summed E-state index contributed by atoms with van der Waals surface area (Å²) in [5.74, 6) is 0.589. The fourth-order valence-corrected chi connectivity index (χ4v) is 2.07. The van der Waals surface area contributed by atoms with Gasteiger partial charge < -0.3 is 20.3 Å². The first-order valence-electron chi connectivity index (χ1n) is 8.12. The Morgan fingerprint density at radius 1 is 1.24 bits per heavy atom. The van der Waals surface area contributed by atoms with Crippen LogP contribution in [0.15, 0.2) is 28.8 Å². The molecule has 2 aromatic rings. The second-order valence-corrected chi connectivity index (χ2v) is 5.95. The third kappa shape index (κ3) is 6.25. The van der Waals surface area contributed by atoms with Crippen molar-refractivity contribution in [2.45, 2.75) is 39.0 Å². The first kappa shape index (κ1) is 18.4. The van der Waals surface area contributed by atoms with Crippen LogP contribution in [0.1, 0.15) is 49.9 Å². The molecule has 0 unspecified atom stereocenters. The molecule has 2 amide bonds. The van der Waals surface area contributed by atoms with Gasteiger partial charge in [-0.1, -0.05) is 31.1 Å². The number of anilines is 1. The van der Waals surface area contributed by atoms with Gasteiger partial charge in [-0.25, -0.2) is 4.79 Å². The van der Waals surface area contributed by atoms with Gasteiger partial charge in [0, 0.05) is 24.6 Å². The van der Waals surface area contributed by atoms with Gasteiger partial charge in [0.05, 0.1) is 6.42 Å². The predicted octanol–water partition coefficient (Wildman–Crippen LogP) is 2.77. The summed E-state index contributed by atoms with van der Waals surface area (Å²) in [4.78, 5) is 26.4. The van der Waals surface area contributed by atoms with Crippen LogP contribution in [0.2, 0.25) is 0 Å². The first-order chi connectivity index (χ1) is 11.9. The van der Waals surface area contributed by atoms with Gasteiger partial charge in [0.15, 0.2) is 5.82 Å². The standard InChI is InChI=1S/C17H22N4O4/c1-11(2)16-20-14(25-21-16)10-12-5-7-13(8-6-12)19-17(24)18-9-3-4-15(22)23/h5-8,11H,3-4,9-10H2,1-2H3,(H,22,23)(H2,18,19,24). The normalized spacial score (nSPS) is 10.7. The van der Waals surface area contributed by atoms with E-state index in [0.717, 1.165) is 5.56 Å². The van der Waals surface area contributed by atoms with Gasteiger partial charge in [-0.05, 0) is 24.1 Å². The number of rotatable bonds is 8. The predicted molar refractivity (Wildman–Crippen MR) is 91.5 cm³/mol. The Labute approximate surface area is 145 Å². The summed E-state index contributed by atoms with van der Waals surface area (Å²) in [6.45, 7) is 4.31. The average molecular weight is 346 g/mol. The Balaban J connectivity index is 1.80. The molecule has 8 heteroatoms. The molecule has 1 heterocycles. The van der Waals surface area contributed by atoms with Gasteiger partial charge >= 0.3 is 12.0 Å². The van der Waals surface area contributed by atoms with Gasteiger partial charge in [0.2, 0.25) is 5.89 Å². The number of hydrogen-bond acceptors (Lipinski definition) is 5. The summed E-state index contributed by atoms with van der Waals surface area (Å²) < 4.78 is 5.21. The molecular weight excluding hydrogens is 324 g/mol. The highest BCUT2D eigenvalue weighted by Gasteiger charge is 2.10. The molecule has 0 fully saturated rings. The third-order valence-electron chi connectivity index (χ3n) is 3.42. The van der Waals surface area contributed by atoms with Crippen LogP contribution in [0.3, 0.4) is 0 Å². The number of hydrogen-bond donors (Lipinski definition) is 3. The quantitative estimate of drug-likeness (QED) is 0.633. The van der Waals surface area contributed by atoms with Crippen molar-refractivity contribution in [2.24, 2.45) is 0 Å². The van der Waals surface area contributed by atoms with Crippen LogP contribution in [-0.4, -0.2) is 33.8 Å². The molecule has 0 radical (unpaired) electrons. The van der Waals surface area contributed by atoms with Crippen molar-refractivity contribution < 1.29 is 19.2 Å². The number of aromatic nitrogens is 2. The molecule has 0 saturated heterocycles. The molecule has 0 spiro atoms. The van der Waals surface area contributed by atoms with E-state index >= 15 is 0 Å². The second-order valence-electron chi connectivity index (χ2n) is 5.95. The molecular formula is C17H22N4O4. The molecule has 0 bridgehead atoms. The lowest BCUT2D eigenvalue weighted by Gasteiger charge is -2.07. The number of aliphatic carboxylic acids is 1. The number of carbonyl (C=O) groups is 2. The van der Waals surface area contributed by atoms with E-state index in [1.54, 1.807) is 12.1 Å². The highest BCUT2D eigenvalue weighted by molar-refractivity contribution is 5.89. The minimum atomic E-state index is -0.875. The van der Waals surface area contributed by atoms with Gasteiger partial charge in [0.1, 0.15) is 0 Å². The monoisotopic (exact) mass is 346 g/mol. The minimum Gasteiger partial charge on any atom is -0.481 e. The molecule has 0 atom stereocenters. The van der Waals surface area contributed by atoms with Crippen LogP contribution in [0.5, 0.6) is 0 Å². The van der Waals surface area contributed by atoms with E-state index < -0.39 is 5.97 Å². The SMILES string of the molecule is CC(C)c1noc(Cc2ccc(NC(=O)NCCCC(=O)O)cc2)n1. The number of amides is 2. The molecule has 2 rings (SSSR count). The molecule has 0 aliphatic heterocycles. The Kier molecular flexibility index (Phi) is 6.50. The van der Waals surface area contributed by atoms with Gasteiger partial charge in [-0.15, -0.1) is 0 Å². The van der Waals surface area contributed by atoms with E-state index in [1.165, 1.54) is 0 Å². The second kappa shape index (κ2) is 8.81. The summed E-state index contributed by atoms with van der Waals surface area (Å²) >= 11 is 0. The Morgan fingerprint density at radius 2 is 1.96 bits per heavy atom. The van der Waals surface area contributed by atoms with E-state index in [-0.39, 0.29) is 18.4 Å². The van der Waals surface area contributed by atoms with Gasteiger partial charge in [-0.2, -0.15) is 4.98 Å². The molecule has 8 nitrogen and oxygen atoms in total. The summed E-state index contributed by atoms with van der Waals surface area (Å²) in [5.41, 5.74) is 1.64. The number of nitrogens with zero attached hydrogens (tertiary/aromatic N) is 2. The van der Waals surface area contributed by atoms with Gasteiger partial charge in [-0.3, -0.25) is 4.79 Å². The smallest absolute Gasteiger partial charge is 0.319 e. The molecule has 0 saturated carbocycles. The highest BCUT2D eigenvalue weighted by atomic mass is 16.5. The zero-order chi connectivity index (χ0) is 18.2. The van der Waals surface area contributed by atoms with E-state index in [0.29, 0.717) is 36.8 Å². The van der Waals surface area contributed by atoms with E-state index in [1.807, 2.05) is 26.0 Å². The van der Waals surface area contributed by atoms with Crippen LogP contribution in [-0.2, 0) is 11.2 Å². The zero-order valence-corrected chi connectivity index (χ0v) is 14.3. The van der Waals surface area contributed by atoms with Crippen molar-refractivity contribution in [3.05, 3.63) is 41.5 Å².